The van der Waals surface area contributed by atoms with Crippen LogP contribution in [0.1, 0.15) is 49.8 Å². The van der Waals surface area contributed by atoms with Crippen LogP contribution in [0.2, 0.25) is 5.02 Å². The van der Waals surface area contributed by atoms with Crippen molar-refractivity contribution in [1.82, 2.24) is 24.6 Å². The number of pyridine rings is 1. The molecule has 176 valence electrons. The number of carbonyl (C=O) groups is 1. The van der Waals surface area contributed by atoms with Crippen LogP contribution in [-0.2, 0) is 17.9 Å². The lowest BCUT2D eigenvalue weighted by Crippen LogP contribution is -2.62. The third kappa shape index (κ3) is 3.47. The van der Waals surface area contributed by atoms with Crippen molar-refractivity contribution in [1.29, 1.82) is 0 Å². The standard InChI is InChI=1S/C25H26ClFN6O/c1-15(2)24(34)31-11-16-7-18(26)3-5-20(16)33-22(12-31)29-30-23(33)17-8-25(9-17)13-32(14-25)21-6-4-19(27)10-28-21/h3-7,10,15,17H,8-9,11-14H2,1-2H3. The van der Waals surface area contributed by atoms with Crippen molar-refractivity contribution in [2.45, 2.75) is 45.7 Å². The number of aromatic nitrogens is 4. The van der Waals surface area contributed by atoms with Gasteiger partial charge in [0.25, 0.3) is 0 Å². The predicted molar refractivity (Wildman–Crippen MR) is 126 cm³/mol. The summed E-state index contributed by atoms with van der Waals surface area (Å²) in [4.78, 5) is 21.1. The second-order valence-electron chi connectivity index (χ2n) is 10.2. The molecule has 0 atom stereocenters. The lowest BCUT2D eigenvalue weighted by atomic mass is 9.57. The van der Waals surface area contributed by atoms with E-state index >= 15 is 0 Å². The molecule has 0 unspecified atom stereocenters. The Bertz CT molecular complexity index is 1260. The van der Waals surface area contributed by atoms with Crippen LogP contribution in [0.4, 0.5) is 10.2 Å². The van der Waals surface area contributed by atoms with E-state index in [1.807, 2.05) is 36.9 Å². The summed E-state index contributed by atoms with van der Waals surface area (Å²) in [5, 5.41) is 9.79. The molecule has 7 nitrogen and oxygen atoms in total. The van der Waals surface area contributed by atoms with Gasteiger partial charge in [0.2, 0.25) is 5.91 Å². The highest BCUT2D eigenvalue weighted by Gasteiger charge is 2.54. The van der Waals surface area contributed by atoms with Gasteiger partial charge >= 0.3 is 0 Å². The molecular formula is C25H26ClFN6O. The van der Waals surface area contributed by atoms with Gasteiger partial charge in [-0.1, -0.05) is 25.4 Å². The van der Waals surface area contributed by atoms with Gasteiger partial charge in [-0.2, -0.15) is 0 Å². The molecule has 9 heteroatoms. The molecule has 6 rings (SSSR count). The minimum absolute atomic E-state index is 0.0930. The van der Waals surface area contributed by atoms with E-state index in [0.717, 1.165) is 54.6 Å². The zero-order valence-corrected chi connectivity index (χ0v) is 20.0. The third-order valence-corrected chi connectivity index (χ3v) is 7.58. The number of halogens is 2. The van der Waals surface area contributed by atoms with Gasteiger partial charge in [0, 0.05) is 41.9 Å². The van der Waals surface area contributed by atoms with Gasteiger partial charge in [-0.25, -0.2) is 9.37 Å². The molecule has 1 saturated carbocycles. The summed E-state index contributed by atoms with van der Waals surface area (Å²) >= 11 is 6.32. The molecule has 34 heavy (non-hydrogen) atoms. The minimum atomic E-state index is -0.314. The molecule has 1 spiro atoms. The number of hydrogen-bond donors (Lipinski definition) is 0. The normalized spacial score (nSPS) is 18.9. The molecule has 1 amide bonds. The SMILES string of the molecule is CC(C)C(=O)N1Cc2cc(Cl)ccc2-n2c(nnc2C2CC3(C2)CN(c2ccc(F)cn2)C3)C1. The second-order valence-corrected chi connectivity index (χ2v) is 10.7. The maximum atomic E-state index is 13.2. The fourth-order valence-electron chi connectivity index (χ4n) is 5.72. The van der Waals surface area contributed by atoms with Crippen molar-refractivity contribution in [3.8, 4) is 5.69 Å². The number of amides is 1. The second kappa shape index (κ2) is 7.77. The fraction of sp³-hybridized carbons (Fsp3) is 0.440. The summed E-state index contributed by atoms with van der Waals surface area (Å²) in [6, 6.07) is 9.03. The summed E-state index contributed by atoms with van der Waals surface area (Å²) in [5.41, 5.74) is 2.26. The smallest absolute Gasteiger partial charge is 0.225 e. The van der Waals surface area contributed by atoms with Gasteiger partial charge in [-0.15, -0.1) is 10.2 Å². The number of carbonyl (C=O) groups excluding carboxylic acids is 1. The van der Waals surface area contributed by atoms with Crippen molar-refractivity contribution in [2.75, 3.05) is 18.0 Å². The van der Waals surface area contributed by atoms with Gasteiger partial charge in [0.15, 0.2) is 5.82 Å². The largest absolute Gasteiger partial charge is 0.355 e. The lowest BCUT2D eigenvalue weighted by molar-refractivity contribution is -0.135. The van der Waals surface area contributed by atoms with E-state index in [9.17, 15) is 9.18 Å². The topological polar surface area (TPSA) is 67.2 Å². The fourth-order valence-corrected chi connectivity index (χ4v) is 5.91. The Morgan fingerprint density at radius 3 is 2.65 bits per heavy atom. The van der Waals surface area contributed by atoms with Gasteiger partial charge in [-0.3, -0.25) is 9.36 Å². The Labute approximate surface area is 202 Å². The molecule has 1 aromatic carbocycles. The van der Waals surface area contributed by atoms with E-state index in [1.165, 1.54) is 12.3 Å². The first kappa shape index (κ1) is 21.5. The Balaban J connectivity index is 1.25. The Hall–Kier alpha value is -3.00. The maximum Gasteiger partial charge on any atom is 0.225 e. The zero-order chi connectivity index (χ0) is 23.6. The highest BCUT2D eigenvalue weighted by molar-refractivity contribution is 6.30. The number of nitrogens with zero attached hydrogens (tertiary/aromatic N) is 6. The molecule has 2 fully saturated rings. The van der Waals surface area contributed by atoms with Crippen LogP contribution >= 0.6 is 11.6 Å². The number of hydrogen-bond acceptors (Lipinski definition) is 5. The summed E-state index contributed by atoms with van der Waals surface area (Å²) in [6.45, 7) is 6.61. The lowest BCUT2D eigenvalue weighted by Gasteiger charge is -2.59. The molecule has 4 heterocycles. The zero-order valence-electron chi connectivity index (χ0n) is 19.2. The van der Waals surface area contributed by atoms with Gasteiger partial charge in [0.1, 0.15) is 17.5 Å². The quantitative estimate of drug-likeness (QED) is 0.558. The molecule has 2 aliphatic heterocycles. The van der Waals surface area contributed by atoms with Crippen LogP contribution in [0.15, 0.2) is 36.5 Å². The maximum absolute atomic E-state index is 13.2. The predicted octanol–water partition coefficient (Wildman–Crippen LogP) is 4.34. The highest BCUT2D eigenvalue weighted by Crippen LogP contribution is 2.56. The van der Waals surface area contributed by atoms with E-state index in [-0.39, 0.29) is 23.1 Å². The Morgan fingerprint density at radius 1 is 1.15 bits per heavy atom. The first-order valence-electron chi connectivity index (χ1n) is 11.7. The average molecular weight is 481 g/mol. The number of rotatable bonds is 3. The summed E-state index contributed by atoms with van der Waals surface area (Å²) in [7, 11) is 0. The third-order valence-electron chi connectivity index (χ3n) is 7.35. The van der Waals surface area contributed by atoms with Crippen LogP contribution < -0.4 is 4.90 Å². The van der Waals surface area contributed by atoms with Crippen LogP contribution in [0, 0.1) is 17.2 Å². The number of fused-ring (bicyclic) bond motifs is 3. The Morgan fingerprint density at radius 2 is 1.94 bits per heavy atom. The van der Waals surface area contributed by atoms with Gasteiger partial charge in [0.05, 0.1) is 18.4 Å². The molecule has 0 radical (unpaired) electrons. The molecular weight excluding hydrogens is 455 g/mol. The number of benzene rings is 1. The molecule has 2 aromatic heterocycles. The average Bonchev–Trinajstić information content (AvgIpc) is 3.07. The van der Waals surface area contributed by atoms with E-state index < -0.39 is 0 Å². The summed E-state index contributed by atoms with van der Waals surface area (Å²) in [6.07, 6.45) is 3.33. The van der Waals surface area contributed by atoms with E-state index in [1.54, 1.807) is 6.07 Å². The Kier molecular flexibility index (Phi) is 4.92. The van der Waals surface area contributed by atoms with Crippen LogP contribution in [0.3, 0.4) is 0 Å². The molecule has 1 aliphatic carbocycles. The van der Waals surface area contributed by atoms with E-state index in [0.29, 0.717) is 24.0 Å². The van der Waals surface area contributed by atoms with Crippen LogP contribution in [0.25, 0.3) is 5.69 Å². The van der Waals surface area contributed by atoms with E-state index in [2.05, 4.69) is 24.6 Å². The molecule has 3 aliphatic rings. The highest BCUT2D eigenvalue weighted by atomic mass is 35.5. The molecule has 1 saturated heterocycles. The van der Waals surface area contributed by atoms with E-state index in [4.69, 9.17) is 11.6 Å². The van der Waals surface area contributed by atoms with Crippen molar-refractivity contribution in [3.63, 3.8) is 0 Å². The van der Waals surface area contributed by atoms with Crippen molar-refractivity contribution < 1.29 is 9.18 Å². The first-order chi connectivity index (χ1) is 16.3. The summed E-state index contributed by atoms with van der Waals surface area (Å²) < 4.78 is 15.3. The van der Waals surface area contributed by atoms with Crippen LogP contribution in [0.5, 0.6) is 0 Å². The molecule has 3 aromatic rings. The monoisotopic (exact) mass is 480 g/mol. The number of anilines is 1. The van der Waals surface area contributed by atoms with Crippen molar-refractivity contribution in [3.05, 3.63) is 64.6 Å². The first-order valence-corrected chi connectivity index (χ1v) is 12.1. The van der Waals surface area contributed by atoms with Gasteiger partial charge < -0.3 is 9.80 Å². The molecule has 0 N–H and O–H groups in total. The van der Waals surface area contributed by atoms with Gasteiger partial charge in [-0.05, 0) is 48.7 Å². The molecule has 0 bridgehead atoms. The van der Waals surface area contributed by atoms with Crippen molar-refractivity contribution in [2.24, 2.45) is 11.3 Å². The van der Waals surface area contributed by atoms with Crippen LogP contribution in [-0.4, -0.2) is 43.6 Å². The minimum Gasteiger partial charge on any atom is -0.355 e. The summed E-state index contributed by atoms with van der Waals surface area (Å²) in [5.74, 6) is 2.56. The van der Waals surface area contributed by atoms with Crippen molar-refractivity contribution >= 4 is 23.3 Å².